The number of nitrogens with two attached hydrogens (primary N) is 1. The monoisotopic (exact) mass is 330 g/mol. The normalized spacial score (nSPS) is 17.1. The Morgan fingerprint density at radius 2 is 1.76 bits per heavy atom. The van der Waals surface area contributed by atoms with Crippen molar-refractivity contribution in [2.75, 3.05) is 5.01 Å². The lowest BCUT2D eigenvalue weighted by atomic mass is 9.90. The molecule has 0 aromatic heterocycles. The maximum absolute atomic E-state index is 12.6. The van der Waals surface area contributed by atoms with Gasteiger partial charge in [0.2, 0.25) is 0 Å². The first-order valence-electron chi connectivity index (χ1n) is 8.09. The summed E-state index contributed by atoms with van der Waals surface area (Å²) in [4.78, 5) is 12.6. The van der Waals surface area contributed by atoms with Crippen LogP contribution in [0.15, 0.2) is 71.3 Å². The largest absolute Gasteiger partial charge is 0.305 e. The zero-order valence-corrected chi connectivity index (χ0v) is 13.9. The number of carbonyl (C=O) groups is 1. The Labute approximate surface area is 146 Å². The van der Waals surface area contributed by atoms with E-state index in [4.69, 9.17) is 5.73 Å². The standard InChI is InChI=1S/C20H18N4O/c1-2-17(25)19-18(14-9-5-3-6-10-14)16(13-21)20(22)24(23-19)15-11-7-4-8-12-15/h3-12,20H,2,22H2,1H3/t20-/m1/s1. The van der Waals surface area contributed by atoms with Crippen LogP contribution in [0, 0.1) is 11.3 Å². The number of benzene rings is 2. The molecule has 0 saturated heterocycles. The maximum atomic E-state index is 12.6. The number of Topliss-reactive ketones (excluding diaryl/α,β-unsaturated/α-hetero) is 1. The quantitative estimate of drug-likeness (QED) is 0.934. The van der Waals surface area contributed by atoms with E-state index in [1.807, 2.05) is 60.7 Å². The lowest BCUT2D eigenvalue weighted by molar-refractivity contribution is -0.112. The Morgan fingerprint density at radius 1 is 1.16 bits per heavy atom. The summed E-state index contributed by atoms with van der Waals surface area (Å²) in [6, 6.07) is 20.8. The number of anilines is 1. The number of ketones is 1. The highest BCUT2D eigenvalue weighted by molar-refractivity contribution is 6.57. The third-order valence-corrected chi connectivity index (χ3v) is 4.06. The maximum Gasteiger partial charge on any atom is 0.183 e. The SMILES string of the molecule is CCC(=O)C1=NN(c2ccccc2)[C@@H](N)C(C#N)=C1c1ccccc1. The van der Waals surface area contributed by atoms with Gasteiger partial charge in [0.1, 0.15) is 11.9 Å². The molecule has 0 aliphatic carbocycles. The molecule has 0 bridgehead atoms. The molecule has 0 unspecified atom stereocenters. The number of para-hydroxylation sites is 1. The highest BCUT2D eigenvalue weighted by Gasteiger charge is 2.33. The van der Waals surface area contributed by atoms with Gasteiger partial charge in [0.25, 0.3) is 0 Å². The molecule has 1 aliphatic heterocycles. The Morgan fingerprint density at radius 3 is 2.32 bits per heavy atom. The molecule has 0 fully saturated rings. The van der Waals surface area contributed by atoms with Crippen molar-refractivity contribution in [1.29, 1.82) is 5.26 Å². The summed E-state index contributed by atoms with van der Waals surface area (Å²) in [7, 11) is 0. The van der Waals surface area contributed by atoms with Crippen molar-refractivity contribution in [1.82, 2.24) is 0 Å². The van der Waals surface area contributed by atoms with Crippen LogP contribution < -0.4 is 10.7 Å². The third-order valence-electron chi connectivity index (χ3n) is 4.06. The van der Waals surface area contributed by atoms with E-state index in [2.05, 4.69) is 11.2 Å². The molecule has 2 aromatic rings. The Hall–Kier alpha value is -3.23. The van der Waals surface area contributed by atoms with Crippen molar-refractivity contribution < 1.29 is 4.79 Å². The van der Waals surface area contributed by atoms with E-state index in [0.29, 0.717) is 17.6 Å². The summed E-state index contributed by atoms with van der Waals surface area (Å²) >= 11 is 0. The lowest BCUT2D eigenvalue weighted by Crippen LogP contribution is -2.45. The van der Waals surface area contributed by atoms with Crippen molar-refractivity contribution in [2.45, 2.75) is 19.5 Å². The van der Waals surface area contributed by atoms with Crippen LogP contribution in [-0.2, 0) is 4.79 Å². The smallest absolute Gasteiger partial charge is 0.183 e. The molecule has 0 amide bonds. The van der Waals surface area contributed by atoms with E-state index < -0.39 is 6.17 Å². The van der Waals surface area contributed by atoms with Gasteiger partial charge in [0.15, 0.2) is 5.78 Å². The first-order valence-corrected chi connectivity index (χ1v) is 8.09. The Kier molecular flexibility index (Phi) is 4.73. The average molecular weight is 330 g/mol. The number of rotatable bonds is 4. The molecule has 2 N–H and O–H groups in total. The summed E-state index contributed by atoms with van der Waals surface area (Å²) in [5, 5.41) is 15.8. The molecule has 2 aromatic carbocycles. The number of hydrogen-bond acceptors (Lipinski definition) is 5. The summed E-state index contributed by atoms with van der Waals surface area (Å²) < 4.78 is 0. The van der Waals surface area contributed by atoms with E-state index in [-0.39, 0.29) is 11.5 Å². The van der Waals surface area contributed by atoms with Gasteiger partial charge < -0.3 is 5.73 Å². The molecule has 5 heteroatoms. The van der Waals surface area contributed by atoms with Crippen molar-refractivity contribution >= 4 is 22.8 Å². The summed E-state index contributed by atoms with van der Waals surface area (Å²) in [6.45, 7) is 1.78. The van der Waals surface area contributed by atoms with Gasteiger partial charge in [-0.05, 0) is 17.7 Å². The Balaban J connectivity index is 2.21. The summed E-state index contributed by atoms with van der Waals surface area (Å²) in [6.07, 6.45) is -0.456. The zero-order valence-electron chi connectivity index (χ0n) is 13.9. The molecule has 0 radical (unpaired) electrons. The predicted molar refractivity (Wildman–Crippen MR) is 98.6 cm³/mol. The first-order chi connectivity index (χ1) is 12.2. The van der Waals surface area contributed by atoms with Gasteiger partial charge >= 0.3 is 0 Å². The highest BCUT2D eigenvalue weighted by atomic mass is 16.1. The molecule has 1 atom stereocenters. The number of nitrogens with zero attached hydrogens (tertiary/aromatic N) is 3. The van der Waals surface area contributed by atoms with E-state index in [1.54, 1.807) is 6.92 Å². The van der Waals surface area contributed by atoms with Gasteiger partial charge in [0, 0.05) is 12.0 Å². The van der Waals surface area contributed by atoms with E-state index in [1.165, 1.54) is 5.01 Å². The van der Waals surface area contributed by atoms with Gasteiger partial charge in [-0.1, -0.05) is 55.5 Å². The van der Waals surface area contributed by atoms with Crippen molar-refractivity contribution in [3.05, 3.63) is 71.8 Å². The number of hydrazone groups is 1. The van der Waals surface area contributed by atoms with Crippen LogP contribution in [0.25, 0.3) is 5.57 Å². The molecule has 5 nitrogen and oxygen atoms in total. The molecule has 3 rings (SSSR count). The Bertz CT molecular complexity index is 879. The molecule has 1 heterocycles. The van der Waals surface area contributed by atoms with Gasteiger partial charge in [-0.2, -0.15) is 10.4 Å². The number of hydrogen-bond donors (Lipinski definition) is 1. The molecule has 0 saturated carbocycles. The average Bonchev–Trinajstić information content (AvgIpc) is 2.68. The topological polar surface area (TPSA) is 82.5 Å². The summed E-state index contributed by atoms with van der Waals surface area (Å²) in [5.41, 5.74) is 8.96. The fourth-order valence-electron chi connectivity index (χ4n) is 2.80. The molecule has 1 aliphatic rings. The number of carbonyl (C=O) groups excluding carboxylic acids is 1. The van der Waals surface area contributed by atoms with Crippen molar-refractivity contribution in [3.8, 4) is 6.07 Å². The van der Waals surface area contributed by atoms with Crippen LogP contribution in [0.1, 0.15) is 18.9 Å². The number of nitriles is 1. The van der Waals surface area contributed by atoms with E-state index >= 15 is 0 Å². The van der Waals surface area contributed by atoms with Gasteiger partial charge in [-0.3, -0.25) is 4.79 Å². The second kappa shape index (κ2) is 7.12. The second-order valence-electron chi connectivity index (χ2n) is 5.62. The molecule has 0 spiro atoms. The third kappa shape index (κ3) is 3.08. The zero-order chi connectivity index (χ0) is 17.8. The van der Waals surface area contributed by atoms with Crippen LogP contribution in [0.5, 0.6) is 0 Å². The summed E-state index contributed by atoms with van der Waals surface area (Å²) in [5.74, 6) is -0.126. The minimum absolute atomic E-state index is 0.126. The van der Waals surface area contributed by atoms with Gasteiger partial charge in [-0.15, -0.1) is 0 Å². The first kappa shape index (κ1) is 16.6. The van der Waals surface area contributed by atoms with E-state index in [9.17, 15) is 10.1 Å². The van der Waals surface area contributed by atoms with Crippen LogP contribution in [0.4, 0.5) is 5.69 Å². The van der Waals surface area contributed by atoms with Crippen LogP contribution in [0.2, 0.25) is 0 Å². The molecular weight excluding hydrogens is 312 g/mol. The van der Waals surface area contributed by atoms with Crippen LogP contribution in [0.3, 0.4) is 0 Å². The molecular formula is C20H18N4O. The second-order valence-corrected chi connectivity index (χ2v) is 5.62. The number of allylic oxidation sites excluding steroid dienone is 1. The molecule has 25 heavy (non-hydrogen) atoms. The fourth-order valence-corrected chi connectivity index (χ4v) is 2.80. The minimum atomic E-state index is -0.754. The van der Waals surface area contributed by atoms with Crippen molar-refractivity contribution in [3.63, 3.8) is 0 Å². The lowest BCUT2D eigenvalue weighted by Gasteiger charge is -2.32. The van der Waals surface area contributed by atoms with Gasteiger partial charge in [0.05, 0.1) is 17.3 Å². The van der Waals surface area contributed by atoms with Crippen LogP contribution in [-0.4, -0.2) is 17.7 Å². The minimum Gasteiger partial charge on any atom is -0.305 e. The fraction of sp³-hybridized carbons (Fsp3) is 0.150. The highest BCUT2D eigenvalue weighted by Crippen LogP contribution is 2.31. The van der Waals surface area contributed by atoms with Crippen LogP contribution >= 0.6 is 0 Å². The van der Waals surface area contributed by atoms with E-state index in [0.717, 1.165) is 11.3 Å². The molecule has 124 valence electrons. The van der Waals surface area contributed by atoms with Gasteiger partial charge in [-0.25, -0.2) is 5.01 Å². The predicted octanol–water partition coefficient (Wildman–Crippen LogP) is 3.10. The van der Waals surface area contributed by atoms with Crippen molar-refractivity contribution in [2.24, 2.45) is 10.8 Å².